The molecule has 1 N–H and O–H groups in total. The monoisotopic (exact) mass is 431 g/mol. The molecule has 2 aromatic carbocycles. The molecule has 0 aromatic heterocycles. The molecule has 10 heteroatoms. The summed E-state index contributed by atoms with van der Waals surface area (Å²) in [6, 6.07) is 10.8. The highest BCUT2D eigenvalue weighted by Gasteiger charge is 2.36. The zero-order chi connectivity index (χ0) is 21.1. The molecule has 1 fully saturated rings. The lowest BCUT2D eigenvalue weighted by Crippen LogP contribution is -2.36. The molecule has 0 bridgehead atoms. The van der Waals surface area contributed by atoms with Crippen LogP contribution < -0.4 is 5.32 Å². The number of aryl methyl sites for hydroxylation is 1. The number of nitro groups is 1. The van der Waals surface area contributed by atoms with Crippen LogP contribution in [0.15, 0.2) is 47.4 Å². The van der Waals surface area contributed by atoms with Crippen LogP contribution >= 0.6 is 23.4 Å². The second-order valence-corrected chi connectivity index (χ2v) is 7.52. The van der Waals surface area contributed by atoms with E-state index in [1.54, 1.807) is 31.2 Å². The SMILES string of the molecule is Cc1ccc(Cl)cc1NC(=O)CN1C(=O)S/C(=C/c2ccccc2[N+](=O)[O-])C1=O. The molecule has 3 amide bonds. The lowest BCUT2D eigenvalue weighted by atomic mass is 10.1. The van der Waals surface area contributed by atoms with Crippen molar-refractivity contribution in [1.29, 1.82) is 0 Å². The lowest BCUT2D eigenvalue weighted by Gasteiger charge is -2.13. The van der Waals surface area contributed by atoms with Crippen LogP contribution in [0.25, 0.3) is 6.08 Å². The van der Waals surface area contributed by atoms with Crippen LogP contribution in [-0.4, -0.2) is 33.4 Å². The average molecular weight is 432 g/mol. The Bertz CT molecular complexity index is 1070. The van der Waals surface area contributed by atoms with Gasteiger partial charge in [0, 0.05) is 16.8 Å². The predicted octanol–water partition coefficient (Wildman–Crippen LogP) is 4.23. The Balaban J connectivity index is 1.76. The maximum atomic E-state index is 12.6. The smallest absolute Gasteiger partial charge is 0.294 e. The molecule has 0 atom stereocenters. The predicted molar refractivity (Wildman–Crippen MR) is 111 cm³/mol. The largest absolute Gasteiger partial charge is 0.324 e. The van der Waals surface area contributed by atoms with Gasteiger partial charge in [0.15, 0.2) is 0 Å². The van der Waals surface area contributed by atoms with Gasteiger partial charge in [-0.3, -0.25) is 29.4 Å². The normalized spacial score (nSPS) is 15.1. The van der Waals surface area contributed by atoms with Crippen LogP contribution in [0.5, 0.6) is 0 Å². The van der Waals surface area contributed by atoms with E-state index in [1.807, 2.05) is 0 Å². The zero-order valence-electron chi connectivity index (χ0n) is 15.0. The topological polar surface area (TPSA) is 110 Å². The molecule has 1 aliphatic rings. The average Bonchev–Trinajstić information content (AvgIpc) is 2.92. The van der Waals surface area contributed by atoms with E-state index in [4.69, 9.17) is 11.6 Å². The van der Waals surface area contributed by atoms with Crippen molar-refractivity contribution in [3.8, 4) is 0 Å². The van der Waals surface area contributed by atoms with Crippen molar-refractivity contribution in [2.75, 3.05) is 11.9 Å². The highest BCUT2D eigenvalue weighted by molar-refractivity contribution is 8.18. The molecule has 1 saturated heterocycles. The first-order chi connectivity index (χ1) is 13.8. The Morgan fingerprint density at radius 3 is 2.72 bits per heavy atom. The Labute approximate surface area is 174 Å². The van der Waals surface area contributed by atoms with Gasteiger partial charge in [-0.25, -0.2) is 0 Å². The molecule has 3 rings (SSSR count). The Kier molecular flexibility index (Phi) is 6.00. The standard InChI is InChI=1S/C19H14ClN3O5S/c1-11-6-7-13(20)9-14(11)21-17(24)10-22-18(25)16(29-19(22)26)8-12-4-2-3-5-15(12)23(27)28/h2-9H,10H2,1H3,(H,21,24)/b16-8+. The van der Waals surface area contributed by atoms with Gasteiger partial charge in [0.1, 0.15) is 6.54 Å². The van der Waals surface area contributed by atoms with E-state index in [0.717, 1.165) is 10.5 Å². The van der Waals surface area contributed by atoms with Crippen molar-refractivity contribution in [1.82, 2.24) is 4.90 Å². The number of rotatable bonds is 5. The van der Waals surface area contributed by atoms with Gasteiger partial charge >= 0.3 is 0 Å². The second-order valence-electron chi connectivity index (χ2n) is 6.09. The van der Waals surface area contributed by atoms with E-state index >= 15 is 0 Å². The summed E-state index contributed by atoms with van der Waals surface area (Å²) in [5.74, 6) is -1.25. The van der Waals surface area contributed by atoms with E-state index < -0.39 is 28.5 Å². The molecule has 1 aliphatic heterocycles. The Morgan fingerprint density at radius 2 is 2.00 bits per heavy atom. The van der Waals surface area contributed by atoms with Crippen molar-refractivity contribution in [2.45, 2.75) is 6.92 Å². The highest BCUT2D eigenvalue weighted by Crippen LogP contribution is 2.33. The van der Waals surface area contributed by atoms with E-state index in [9.17, 15) is 24.5 Å². The van der Waals surface area contributed by atoms with E-state index in [0.29, 0.717) is 22.5 Å². The van der Waals surface area contributed by atoms with Gasteiger partial charge in [-0.05, 0) is 48.5 Å². The summed E-state index contributed by atoms with van der Waals surface area (Å²) in [7, 11) is 0. The number of nitrogens with zero attached hydrogens (tertiary/aromatic N) is 2. The maximum Gasteiger partial charge on any atom is 0.294 e. The van der Waals surface area contributed by atoms with E-state index in [2.05, 4.69) is 5.32 Å². The molecule has 29 heavy (non-hydrogen) atoms. The summed E-state index contributed by atoms with van der Waals surface area (Å²) in [5.41, 5.74) is 1.26. The number of para-hydroxylation sites is 1. The number of nitrogens with one attached hydrogen (secondary N) is 1. The van der Waals surface area contributed by atoms with E-state index in [1.165, 1.54) is 24.3 Å². The summed E-state index contributed by atoms with van der Waals surface area (Å²) in [6.07, 6.45) is 1.28. The molecule has 0 spiro atoms. The first kappa shape index (κ1) is 20.6. The molecular weight excluding hydrogens is 418 g/mol. The minimum absolute atomic E-state index is 0.0102. The first-order valence-corrected chi connectivity index (χ1v) is 9.50. The third-order valence-electron chi connectivity index (χ3n) is 4.07. The molecule has 0 aliphatic carbocycles. The van der Waals surface area contributed by atoms with Crippen molar-refractivity contribution >= 4 is 57.9 Å². The third kappa shape index (κ3) is 4.64. The number of imide groups is 1. The Morgan fingerprint density at radius 1 is 1.28 bits per heavy atom. The summed E-state index contributed by atoms with van der Waals surface area (Å²) in [5, 5.41) is 13.5. The number of nitro benzene ring substituents is 1. The number of hydrogen-bond donors (Lipinski definition) is 1. The molecule has 148 valence electrons. The van der Waals surface area contributed by atoms with Gasteiger partial charge in [-0.1, -0.05) is 29.8 Å². The second kappa shape index (κ2) is 8.46. The van der Waals surface area contributed by atoms with Gasteiger partial charge in [0.2, 0.25) is 5.91 Å². The number of amides is 3. The summed E-state index contributed by atoms with van der Waals surface area (Å²) in [4.78, 5) is 48.4. The summed E-state index contributed by atoms with van der Waals surface area (Å²) >= 11 is 6.55. The fraction of sp³-hybridized carbons (Fsp3) is 0.105. The van der Waals surface area contributed by atoms with Gasteiger partial charge in [0.05, 0.1) is 15.4 Å². The third-order valence-corrected chi connectivity index (χ3v) is 5.21. The van der Waals surface area contributed by atoms with Crippen LogP contribution in [-0.2, 0) is 9.59 Å². The van der Waals surface area contributed by atoms with Crippen LogP contribution in [0, 0.1) is 17.0 Å². The minimum atomic E-state index is -0.684. The fourth-order valence-electron chi connectivity index (χ4n) is 2.62. The maximum absolute atomic E-state index is 12.6. The molecule has 0 saturated carbocycles. The van der Waals surface area contributed by atoms with Gasteiger partial charge in [-0.2, -0.15) is 0 Å². The van der Waals surface area contributed by atoms with Crippen molar-refractivity contribution in [3.63, 3.8) is 0 Å². The molecule has 8 nitrogen and oxygen atoms in total. The molecule has 0 radical (unpaired) electrons. The molecule has 0 unspecified atom stereocenters. The zero-order valence-corrected chi connectivity index (χ0v) is 16.6. The van der Waals surface area contributed by atoms with Crippen molar-refractivity contribution in [2.24, 2.45) is 0 Å². The Hall–Kier alpha value is -3.17. The highest BCUT2D eigenvalue weighted by atomic mass is 35.5. The molecular formula is C19H14ClN3O5S. The number of thioether (sulfide) groups is 1. The minimum Gasteiger partial charge on any atom is -0.324 e. The van der Waals surface area contributed by atoms with Crippen molar-refractivity contribution < 1.29 is 19.3 Å². The van der Waals surface area contributed by atoms with Crippen LogP contribution in [0.3, 0.4) is 0 Å². The van der Waals surface area contributed by atoms with E-state index in [-0.39, 0.29) is 16.2 Å². The number of hydrogen-bond acceptors (Lipinski definition) is 6. The summed E-state index contributed by atoms with van der Waals surface area (Å²) in [6.45, 7) is 1.30. The number of carbonyl (C=O) groups is 3. The number of benzene rings is 2. The van der Waals surface area contributed by atoms with Crippen molar-refractivity contribution in [3.05, 3.63) is 73.6 Å². The lowest BCUT2D eigenvalue weighted by molar-refractivity contribution is -0.385. The number of halogens is 1. The first-order valence-electron chi connectivity index (χ1n) is 8.31. The van der Waals surface area contributed by atoms with Crippen LogP contribution in [0.4, 0.5) is 16.2 Å². The summed E-state index contributed by atoms with van der Waals surface area (Å²) < 4.78 is 0. The quantitative estimate of drug-likeness (QED) is 0.431. The van der Waals surface area contributed by atoms with Gasteiger partial charge in [0.25, 0.3) is 16.8 Å². The van der Waals surface area contributed by atoms with Crippen LogP contribution in [0.2, 0.25) is 5.02 Å². The number of carbonyl (C=O) groups excluding carboxylic acids is 3. The van der Waals surface area contributed by atoms with Gasteiger partial charge in [-0.15, -0.1) is 0 Å². The van der Waals surface area contributed by atoms with Gasteiger partial charge < -0.3 is 5.32 Å². The van der Waals surface area contributed by atoms with Crippen LogP contribution in [0.1, 0.15) is 11.1 Å². The molecule has 2 aromatic rings. The fourth-order valence-corrected chi connectivity index (χ4v) is 3.62. The molecule has 1 heterocycles. The number of anilines is 1.